The van der Waals surface area contributed by atoms with Crippen molar-refractivity contribution in [2.75, 3.05) is 179 Å². The Bertz CT molecular complexity index is 1020. The van der Waals surface area contributed by atoms with E-state index in [1.165, 1.54) is 4.90 Å². The van der Waals surface area contributed by atoms with Gasteiger partial charge in [0.2, 0.25) is 0 Å². The number of hydrogen-bond acceptors (Lipinski definition) is 16. The Morgan fingerprint density at radius 2 is 0.696 bits per heavy atom. The van der Waals surface area contributed by atoms with Crippen LogP contribution < -0.4 is 0 Å². The van der Waals surface area contributed by atoms with Gasteiger partial charge >= 0.3 is 12.1 Å². The van der Waals surface area contributed by atoms with E-state index in [9.17, 15) is 9.59 Å². The summed E-state index contributed by atoms with van der Waals surface area (Å²) in [5, 5.41) is 0. The van der Waals surface area contributed by atoms with Crippen LogP contribution in [0.15, 0.2) is 30.3 Å². The normalized spacial score (nSPS) is 11.6. The number of nitrogens with zero attached hydrogens (tertiary/aromatic N) is 1. The maximum absolute atomic E-state index is 11.9. The minimum atomic E-state index is -0.516. The van der Waals surface area contributed by atoms with Gasteiger partial charge in [-0.25, -0.2) is 9.59 Å². The second kappa shape index (κ2) is 38.0. The summed E-state index contributed by atoms with van der Waals surface area (Å²) in [5.74, 6) is -0.361. The van der Waals surface area contributed by atoms with Gasteiger partial charge in [-0.2, -0.15) is 0 Å². The molecule has 0 aliphatic heterocycles. The van der Waals surface area contributed by atoms with E-state index in [0.717, 1.165) is 0 Å². The zero-order valence-corrected chi connectivity index (χ0v) is 34.3. The van der Waals surface area contributed by atoms with E-state index in [1.54, 1.807) is 31.3 Å². The largest absolute Gasteiger partial charge is 0.460 e. The maximum atomic E-state index is 11.9. The molecule has 56 heavy (non-hydrogen) atoms. The predicted octanol–water partition coefficient (Wildman–Crippen LogP) is 2.91. The van der Waals surface area contributed by atoms with E-state index >= 15 is 0 Å². The number of carbonyl (C=O) groups excluding carboxylic acids is 2. The summed E-state index contributed by atoms with van der Waals surface area (Å²) in [4.78, 5) is 25.2. The zero-order chi connectivity index (χ0) is 40.6. The molecular formula is C39H69NO16. The highest BCUT2D eigenvalue weighted by atomic mass is 16.6. The topological polar surface area (TPSA) is 167 Å². The highest BCUT2D eigenvalue weighted by Crippen LogP contribution is 2.08. The molecule has 0 heterocycles. The van der Waals surface area contributed by atoms with Crippen LogP contribution in [0.2, 0.25) is 0 Å². The number of benzene rings is 1. The lowest BCUT2D eigenvalue weighted by molar-refractivity contribution is -0.0289. The van der Waals surface area contributed by atoms with Crippen LogP contribution in [0.3, 0.4) is 0 Å². The first-order chi connectivity index (χ1) is 27.3. The molecule has 0 aromatic heterocycles. The maximum Gasteiger partial charge on any atom is 0.410 e. The molecule has 0 unspecified atom stereocenters. The van der Waals surface area contributed by atoms with Crippen molar-refractivity contribution in [3.05, 3.63) is 35.9 Å². The summed E-state index contributed by atoms with van der Waals surface area (Å²) in [7, 11) is 1.68. The van der Waals surface area contributed by atoms with Crippen LogP contribution in [0.1, 0.15) is 31.1 Å². The third kappa shape index (κ3) is 35.9. The van der Waals surface area contributed by atoms with Gasteiger partial charge in [-0.05, 0) is 32.9 Å². The Morgan fingerprint density at radius 1 is 0.429 bits per heavy atom. The van der Waals surface area contributed by atoms with Gasteiger partial charge in [0.1, 0.15) is 12.2 Å². The van der Waals surface area contributed by atoms with E-state index in [2.05, 4.69) is 0 Å². The quantitative estimate of drug-likeness (QED) is 0.0701. The summed E-state index contributed by atoms with van der Waals surface area (Å²) in [6.45, 7) is 17.2. The van der Waals surface area contributed by atoms with E-state index in [-0.39, 0.29) is 18.7 Å². The van der Waals surface area contributed by atoms with Crippen LogP contribution in [0.4, 0.5) is 4.79 Å². The molecule has 1 aromatic rings. The minimum Gasteiger partial charge on any atom is -0.460 e. The molecule has 1 aromatic carbocycles. The van der Waals surface area contributed by atoms with Crippen molar-refractivity contribution < 1.29 is 75.9 Å². The predicted molar refractivity (Wildman–Crippen MR) is 205 cm³/mol. The Labute approximate surface area is 333 Å². The van der Waals surface area contributed by atoms with Crippen molar-refractivity contribution in [1.82, 2.24) is 4.90 Å². The van der Waals surface area contributed by atoms with E-state index in [0.29, 0.717) is 171 Å². The number of hydrogen-bond donors (Lipinski definition) is 0. The molecule has 0 bridgehead atoms. The molecule has 0 saturated carbocycles. The van der Waals surface area contributed by atoms with Gasteiger partial charge in [-0.3, -0.25) is 0 Å². The van der Waals surface area contributed by atoms with Crippen molar-refractivity contribution >= 4 is 12.1 Å². The molecule has 0 saturated heterocycles. The lowest BCUT2D eigenvalue weighted by Crippen LogP contribution is -2.36. The first kappa shape index (κ1) is 51.5. The third-order valence-electron chi connectivity index (χ3n) is 6.84. The number of likely N-dealkylation sites (N-methyl/N-ethyl adjacent to an activating group) is 1. The summed E-state index contributed by atoms with van der Waals surface area (Å²) >= 11 is 0. The molecule has 0 spiro atoms. The van der Waals surface area contributed by atoms with Crippen LogP contribution in [0.5, 0.6) is 0 Å². The van der Waals surface area contributed by atoms with Gasteiger partial charge in [0.15, 0.2) is 0 Å². The highest BCUT2D eigenvalue weighted by Gasteiger charge is 2.19. The SMILES string of the molecule is CN(CCOCCOCCOCCOCCOCCOCCOCCOCCOCCOCCOCCOCCOC(=O)c1ccccc1)C(=O)OC(C)(C)C. The minimum absolute atomic E-state index is 0.196. The number of ether oxygens (including phenoxy) is 14. The monoisotopic (exact) mass is 807 g/mol. The lowest BCUT2D eigenvalue weighted by atomic mass is 10.2. The molecule has 0 N–H and O–H groups in total. The summed E-state index contributed by atoms with van der Waals surface area (Å²) in [5.41, 5.74) is 0.00529. The number of rotatable bonds is 40. The molecule has 326 valence electrons. The van der Waals surface area contributed by atoms with Gasteiger partial charge in [0, 0.05) is 13.6 Å². The molecule has 0 fully saturated rings. The molecule has 0 atom stereocenters. The molecule has 1 amide bonds. The van der Waals surface area contributed by atoms with E-state index in [4.69, 9.17) is 66.3 Å². The fourth-order valence-electron chi connectivity index (χ4n) is 4.00. The standard InChI is InChI=1S/C39H69NO16/c1-39(2,3)56-38(42)40(4)10-11-43-12-13-44-14-15-45-16-17-46-18-19-47-20-21-48-22-23-49-24-25-50-26-27-51-28-29-52-30-31-53-32-33-54-34-35-55-37(41)36-8-6-5-7-9-36/h5-9H,10-35H2,1-4H3. The summed E-state index contributed by atoms with van der Waals surface area (Å²) in [6.07, 6.45) is -0.369. The Balaban J connectivity index is 1.65. The second-order valence-corrected chi connectivity index (χ2v) is 12.8. The van der Waals surface area contributed by atoms with Crippen LogP contribution in [0.25, 0.3) is 0 Å². The molecule has 0 radical (unpaired) electrons. The molecule has 17 heteroatoms. The van der Waals surface area contributed by atoms with Crippen molar-refractivity contribution in [2.45, 2.75) is 26.4 Å². The average Bonchev–Trinajstić information content (AvgIpc) is 3.18. The number of carbonyl (C=O) groups is 2. The molecule has 1 rings (SSSR count). The third-order valence-corrected chi connectivity index (χ3v) is 6.84. The fraction of sp³-hybridized carbons (Fsp3) is 0.795. The highest BCUT2D eigenvalue weighted by molar-refractivity contribution is 5.89. The lowest BCUT2D eigenvalue weighted by Gasteiger charge is -2.24. The summed E-state index contributed by atoms with van der Waals surface area (Å²) in [6, 6.07) is 8.84. The second-order valence-electron chi connectivity index (χ2n) is 12.8. The van der Waals surface area contributed by atoms with E-state index in [1.807, 2.05) is 26.8 Å². The Kier molecular flexibility index (Phi) is 35.0. The number of esters is 1. The van der Waals surface area contributed by atoms with Crippen LogP contribution >= 0.6 is 0 Å². The summed E-state index contributed by atoms with van der Waals surface area (Å²) < 4.78 is 76.1. The van der Waals surface area contributed by atoms with Crippen molar-refractivity contribution in [2.24, 2.45) is 0 Å². The molecule has 0 aliphatic carbocycles. The number of amides is 1. The fourth-order valence-corrected chi connectivity index (χ4v) is 4.00. The average molecular weight is 808 g/mol. The van der Waals surface area contributed by atoms with Gasteiger partial charge in [0.25, 0.3) is 0 Å². The Hall–Kier alpha value is -2.52. The zero-order valence-electron chi connectivity index (χ0n) is 34.3. The molecule has 0 aliphatic rings. The first-order valence-corrected chi connectivity index (χ1v) is 19.4. The van der Waals surface area contributed by atoms with Gasteiger partial charge in [-0.15, -0.1) is 0 Å². The van der Waals surface area contributed by atoms with Crippen molar-refractivity contribution in [1.29, 1.82) is 0 Å². The van der Waals surface area contributed by atoms with Crippen molar-refractivity contribution in [3.8, 4) is 0 Å². The van der Waals surface area contributed by atoms with Crippen LogP contribution in [0, 0.1) is 0 Å². The van der Waals surface area contributed by atoms with Gasteiger partial charge < -0.3 is 71.2 Å². The van der Waals surface area contributed by atoms with Crippen LogP contribution in [-0.4, -0.2) is 201 Å². The van der Waals surface area contributed by atoms with Gasteiger partial charge in [-0.1, -0.05) is 18.2 Å². The molecule has 17 nitrogen and oxygen atoms in total. The van der Waals surface area contributed by atoms with E-state index < -0.39 is 5.60 Å². The first-order valence-electron chi connectivity index (χ1n) is 19.4. The Morgan fingerprint density at radius 3 is 0.982 bits per heavy atom. The van der Waals surface area contributed by atoms with Crippen LogP contribution in [-0.2, 0) is 66.3 Å². The van der Waals surface area contributed by atoms with Gasteiger partial charge in [0.05, 0.1) is 164 Å². The smallest absolute Gasteiger partial charge is 0.410 e. The van der Waals surface area contributed by atoms with Crippen molar-refractivity contribution in [3.63, 3.8) is 0 Å². The molecular weight excluding hydrogens is 738 g/mol.